The van der Waals surface area contributed by atoms with E-state index < -0.39 is 12.1 Å². The van der Waals surface area contributed by atoms with Gasteiger partial charge in [-0.05, 0) is 6.92 Å². The standard InChI is InChI=1S/C14H14N2O5S2/c1-3-4-20-14(19)21-12-10(9-7(2)15-6-22-9)23-13-8(5-17)11(18)16(12)13/h3,6,8,13,17H,1,4-5H2,2H3/t8-,13+/m0/s1. The summed E-state index contributed by atoms with van der Waals surface area (Å²) in [5.41, 5.74) is 2.47. The van der Waals surface area contributed by atoms with Crippen LogP contribution in [-0.4, -0.2) is 45.6 Å². The molecule has 0 spiro atoms. The van der Waals surface area contributed by atoms with Gasteiger partial charge in [0.05, 0.1) is 33.5 Å². The molecule has 3 rings (SSSR count). The first-order chi connectivity index (χ1) is 11.1. The SMILES string of the molecule is C=CCOC(=O)OC1=C(c2scnc2C)S[C@@H]2[C@@H](CO)C(=O)N12. The van der Waals surface area contributed by atoms with E-state index in [2.05, 4.69) is 11.6 Å². The van der Waals surface area contributed by atoms with E-state index in [0.29, 0.717) is 4.91 Å². The molecule has 0 radical (unpaired) electrons. The lowest BCUT2D eigenvalue weighted by Crippen LogP contribution is -2.58. The summed E-state index contributed by atoms with van der Waals surface area (Å²) in [4.78, 5) is 31.0. The van der Waals surface area contributed by atoms with Crippen LogP contribution in [0.4, 0.5) is 4.79 Å². The summed E-state index contributed by atoms with van der Waals surface area (Å²) in [5.74, 6) is -0.613. The Morgan fingerprint density at radius 3 is 3.00 bits per heavy atom. The van der Waals surface area contributed by atoms with Gasteiger partial charge >= 0.3 is 6.16 Å². The maximum absolute atomic E-state index is 12.1. The van der Waals surface area contributed by atoms with Crippen LogP contribution in [0.15, 0.2) is 24.0 Å². The highest BCUT2D eigenvalue weighted by molar-refractivity contribution is 8.09. The minimum atomic E-state index is -0.902. The molecule has 7 nitrogen and oxygen atoms in total. The molecule has 0 aliphatic carbocycles. The molecule has 0 unspecified atom stereocenters. The molecule has 2 atom stereocenters. The number of hydrogen-bond donors (Lipinski definition) is 1. The number of β-lactam (4-membered cyclic amide) rings is 1. The van der Waals surface area contributed by atoms with E-state index in [9.17, 15) is 14.7 Å². The van der Waals surface area contributed by atoms with Gasteiger partial charge in [0.15, 0.2) is 0 Å². The van der Waals surface area contributed by atoms with Gasteiger partial charge in [-0.2, -0.15) is 0 Å². The highest BCUT2D eigenvalue weighted by atomic mass is 32.2. The van der Waals surface area contributed by atoms with Crippen LogP contribution in [0.5, 0.6) is 0 Å². The Balaban J connectivity index is 1.91. The third kappa shape index (κ3) is 2.64. The molecule has 2 aliphatic rings. The second-order valence-electron chi connectivity index (χ2n) is 4.86. The number of hydrogen-bond acceptors (Lipinski definition) is 8. The molecule has 122 valence electrons. The largest absolute Gasteiger partial charge is 0.515 e. The predicted octanol–water partition coefficient (Wildman–Crippen LogP) is 1.94. The number of nitrogens with zero attached hydrogens (tertiary/aromatic N) is 2. The minimum Gasteiger partial charge on any atom is -0.430 e. The third-order valence-electron chi connectivity index (χ3n) is 3.45. The van der Waals surface area contributed by atoms with Crippen molar-refractivity contribution in [3.05, 3.63) is 34.6 Å². The van der Waals surface area contributed by atoms with E-state index in [4.69, 9.17) is 9.47 Å². The monoisotopic (exact) mass is 354 g/mol. The number of aromatic nitrogens is 1. The van der Waals surface area contributed by atoms with Crippen molar-refractivity contribution < 1.29 is 24.2 Å². The number of rotatable bonds is 5. The van der Waals surface area contributed by atoms with Crippen LogP contribution < -0.4 is 0 Å². The molecule has 1 aromatic rings. The molecule has 1 aromatic heterocycles. The molecule has 1 amide bonds. The summed E-state index contributed by atoms with van der Waals surface area (Å²) < 4.78 is 10.1. The van der Waals surface area contributed by atoms with E-state index in [1.807, 2.05) is 6.92 Å². The van der Waals surface area contributed by atoms with Crippen LogP contribution in [0.2, 0.25) is 0 Å². The third-order valence-corrected chi connectivity index (χ3v) is 5.92. The van der Waals surface area contributed by atoms with Gasteiger partial charge in [-0.3, -0.25) is 9.69 Å². The summed E-state index contributed by atoms with van der Waals surface area (Å²) in [6, 6.07) is 0. The zero-order valence-corrected chi connectivity index (χ0v) is 13.9. The highest BCUT2D eigenvalue weighted by Crippen LogP contribution is 2.54. The fraction of sp³-hybridized carbons (Fsp3) is 0.357. The lowest BCUT2D eigenvalue weighted by atomic mass is 10.00. The van der Waals surface area contributed by atoms with Crippen LogP contribution in [0.1, 0.15) is 10.6 Å². The first-order valence-electron chi connectivity index (χ1n) is 6.79. The van der Waals surface area contributed by atoms with Crippen molar-refractivity contribution in [1.82, 2.24) is 9.88 Å². The summed E-state index contributed by atoms with van der Waals surface area (Å²) in [7, 11) is 0. The first kappa shape index (κ1) is 16.0. The van der Waals surface area contributed by atoms with Gasteiger partial charge in [0.1, 0.15) is 12.0 Å². The average molecular weight is 354 g/mol. The quantitative estimate of drug-likeness (QED) is 0.491. The summed E-state index contributed by atoms with van der Waals surface area (Å²) in [6.45, 7) is 5.08. The van der Waals surface area contributed by atoms with Gasteiger partial charge in [0, 0.05) is 0 Å². The lowest BCUT2D eigenvalue weighted by molar-refractivity contribution is -0.151. The number of aliphatic hydroxyl groups is 1. The van der Waals surface area contributed by atoms with Gasteiger partial charge < -0.3 is 14.6 Å². The van der Waals surface area contributed by atoms with E-state index in [-0.39, 0.29) is 30.4 Å². The zero-order chi connectivity index (χ0) is 16.6. The topological polar surface area (TPSA) is 89.0 Å². The van der Waals surface area contributed by atoms with Crippen LogP contribution >= 0.6 is 23.1 Å². The van der Waals surface area contributed by atoms with Crippen molar-refractivity contribution in [2.45, 2.75) is 12.3 Å². The van der Waals surface area contributed by atoms with Crippen LogP contribution in [0.25, 0.3) is 4.91 Å². The second kappa shape index (κ2) is 6.34. The number of aliphatic hydroxyl groups excluding tert-OH is 1. The molecule has 3 heterocycles. The number of aryl methyl sites for hydroxylation is 1. The molecular formula is C14H14N2O5S2. The summed E-state index contributed by atoms with van der Waals surface area (Å²) in [6.07, 6.45) is 0.521. The lowest BCUT2D eigenvalue weighted by Gasteiger charge is -2.40. The number of fused-ring (bicyclic) bond motifs is 1. The Morgan fingerprint density at radius 1 is 1.61 bits per heavy atom. The zero-order valence-electron chi connectivity index (χ0n) is 12.2. The van der Waals surface area contributed by atoms with Crippen molar-refractivity contribution in [2.75, 3.05) is 13.2 Å². The number of thiazole rings is 1. The fourth-order valence-corrected chi connectivity index (χ4v) is 4.76. The van der Waals surface area contributed by atoms with Crippen LogP contribution in [-0.2, 0) is 14.3 Å². The van der Waals surface area contributed by atoms with E-state index >= 15 is 0 Å². The van der Waals surface area contributed by atoms with Gasteiger partial charge in [0.2, 0.25) is 11.8 Å². The van der Waals surface area contributed by atoms with Gasteiger partial charge in [0.25, 0.3) is 0 Å². The van der Waals surface area contributed by atoms with Crippen molar-refractivity contribution in [3.63, 3.8) is 0 Å². The minimum absolute atomic E-state index is 0.0187. The number of carbonyl (C=O) groups is 2. The molecule has 9 heteroatoms. The molecule has 1 saturated heterocycles. The number of amides is 1. The summed E-state index contributed by atoms with van der Waals surface area (Å²) in [5, 5.41) is 9.05. The van der Waals surface area contributed by atoms with Gasteiger partial charge in [-0.15, -0.1) is 11.3 Å². The molecule has 0 saturated carbocycles. The van der Waals surface area contributed by atoms with E-state index in [1.165, 1.54) is 34.1 Å². The summed E-state index contributed by atoms with van der Waals surface area (Å²) >= 11 is 2.78. The predicted molar refractivity (Wildman–Crippen MR) is 85.2 cm³/mol. The van der Waals surface area contributed by atoms with Crippen LogP contribution in [0.3, 0.4) is 0 Å². The van der Waals surface area contributed by atoms with Crippen molar-refractivity contribution in [1.29, 1.82) is 0 Å². The normalized spacial score (nSPS) is 22.7. The molecule has 2 aliphatic heterocycles. The smallest absolute Gasteiger partial charge is 0.430 e. The van der Waals surface area contributed by atoms with Gasteiger partial charge in [-0.25, -0.2) is 9.78 Å². The average Bonchev–Trinajstić information content (AvgIpc) is 3.07. The Bertz CT molecular complexity index is 699. The number of thioether (sulfide) groups is 1. The molecule has 0 bridgehead atoms. The fourth-order valence-electron chi connectivity index (χ4n) is 2.32. The number of carbonyl (C=O) groups excluding carboxylic acids is 2. The van der Waals surface area contributed by atoms with E-state index in [0.717, 1.165) is 10.6 Å². The molecule has 0 aromatic carbocycles. The maximum atomic E-state index is 12.1. The Kier molecular flexibility index (Phi) is 4.42. The second-order valence-corrected chi connectivity index (χ2v) is 6.84. The molecule has 1 N–H and O–H groups in total. The van der Waals surface area contributed by atoms with E-state index in [1.54, 1.807) is 5.51 Å². The maximum Gasteiger partial charge on any atom is 0.515 e. The van der Waals surface area contributed by atoms with Crippen LogP contribution in [0, 0.1) is 12.8 Å². The first-order valence-corrected chi connectivity index (χ1v) is 8.55. The van der Waals surface area contributed by atoms with Crippen molar-refractivity contribution in [3.8, 4) is 0 Å². The van der Waals surface area contributed by atoms with Gasteiger partial charge in [-0.1, -0.05) is 24.4 Å². The Morgan fingerprint density at radius 2 is 2.39 bits per heavy atom. The Labute approximate surface area is 140 Å². The number of ether oxygens (including phenoxy) is 2. The molecule has 1 fully saturated rings. The Hall–Kier alpha value is -1.84. The highest BCUT2D eigenvalue weighted by Gasteiger charge is 2.56. The molecular weight excluding hydrogens is 340 g/mol. The van der Waals surface area contributed by atoms with Crippen molar-refractivity contribution in [2.24, 2.45) is 5.92 Å². The molecule has 23 heavy (non-hydrogen) atoms. The van der Waals surface area contributed by atoms with Crippen molar-refractivity contribution >= 4 is 40.1 Å².